The van der Waals surface area contributed by atoms with Crippen LogP contribution in [0.15, 0.2) is 48.5 Å². The van der Waals surface area contributed by atoms with Gasteiger partial charge in [0.25, 0.3) is 0 Å². The van der Waals surface area contributed by atoms with Crippen molar-refractivity contribution in [1.29, 1.82) is 0 Å². The summed E-state index contributed by atoms with van der Waals surface area (Å²) in [6, 6.07) is 15.7. The van der Waals surface area contributed by atoms with Crippen LogP contribution < -0.4 is 0 Å². The molecule has 0 unspecified atom stereocenters. The van der Waals surface area contributed by atoms with E-state index in [1.54, 1.807) is 0 Å². The molecule has 0 aliphatic carbocycles. The van der Waals surface area contributed by atoms with Crippen LogP contribution in [-0.2, 0) is 6.54 Å². The molecule has 0 saturated carbocycles. The summed E-state index contributed by atoms with van der Waals surface area (Å²) in [4.78, 5) is 9.37. The number of fused-ring (bicyclic) bond motifs is 4. The average molecular weight is 265 g/mol. The standard InChI is InChI=1S/C16H12FN3/c17-9-10-20-14-8-4-1-5-11(14)15-16(20)19-13-7-3-2-6-12(13)18-15/h1-8H,9-10H2. The lowest BCUT2D eigenvalue weighted by molar-refractivity contribution is 0.454. The first-order valence-corrected chi connectivity index (χ1v) is 6.58. The second kappa shape index (κ2) is 4.27. The zero-order chi connectivity index (χ0) is 13.5. The normalized spacial score (nSPS) is 11.7. The van der Waals surface area contributed by atoms with Crippen LogP contribution in [0.1, 0.15) is 0 Å². The number of benzene rings is 2. The molecule has 0 amide bonds. The summed E-state index contributed by atoms with van der Waals surface area (Å²) >= 11 is 0. The van der Waals surface area contributed by atoms with Gasteiger partial charge in [-0.2, -0.15) is 0 Å². The molecule has 0 saturated heterocycles. The monoisotopic (exact) mass is 265 g/mol. The van der Waals surface area contributed by atoms with Gasteiger partial charge in [-0.3, -0.25) is 0 Å². The summed E-state index contributed by atoms with van der Waals surface area (Å²) in [6.45, 7) is -0.112. The number of aryl methyl sites for hydroxylation is 1. The van der Waals surface area contributed by atoms with E-state index in [1.807, 2.05) is 53.1 Å². The highest BCUT2D eigenvalue weighted by molar-refractivity contribution is 6.06. The van der Waals surface area contributed by atoms with E-state index in [1.165, 1.54) is 0 Å². The lowest BCUT2D eigenvalue weighted by Crippen LogP contribution is -2.00. The van der Waals surface area contributed by atoms with Crippen LogP contribution in [-0.4, -0.2) is 21.2 Å². The minimum absolute atomic E-state index is 0.303. The molecule has 0 radical (unpaired) electrons. The fourth-order valence-corrected chi connectivity index (χ4v) is 2.69. The number of para-hydroxylation sites is 3. The first-order chi connectivity index (χ1) is 9.88. The van der Waals surface area contributed by atoms with Crippen molar-refractivity contribution in [2.24, 2.45) is 0 Å². The van der Waals surface area contributed by atoms with Gasteiger partial charge in [0.1, 0.15) is 12.2 Å². The number of rotatable bonds is 2. The van der Waals surface area contributed by atoms with Gasteiger partial charge in [0.15, 0.2) is 5.65 Å². The molecule has 4 rings (SSSR count). The van der Waals surface area contributed by atoms with Crippen molar-refractivity contribution in [2.45, 2.75) is 6.54 Å². The van der Waals surface area contributed by atoms with E-state index in [0.717, 1.165) is 33.1 Å². The lowest BCUT2D eigenvalue weighted by atomic mass is 10.2. The van der Waals surface area contributed by atoms with Crippen LogP contribution in [0.5, 0.6) is 0 Å². The third kappa shape index (κ3) is 1.51. The van der Waals surface area contributed by atoms with E-state index < -0.39 is 6.67 Å². The molecular formula is C16H12FN3. The Kier molecular flexibility index (Phi) is 2.42. The molecule has 0 aliphatic heterocycles. The smallest absolute Gasteiger partial charge is 0.160 e. The Morgan fingerprint density at radius 2 is 1.60 bits per heavy atom. The Morgan fingerprint density at radius 1 is 0.900 bits per heavy atom. The van der Waals surface area contributed by atoms with Gasteiger partial charge in [0.2, 0.25) is 0 Å². The maximum Gasteiger partial charge on any atom is 0.160 e. The fourth-order valence-electron chi connectivity index (χ4n) is 2.69. The average Bonchev–Trinajstić information content (AvgIpc) is 2.80. The van der Waals surface area contributed by atoms with Gasteiger partial charge in [-0.15, -0.1) is 0 Å². The molecule has 20 heavy (non-hydrogen) atoms. The van der Waals surface area contributed by atoms with Crippen molar-refractivity contribution in [3.63, 3.8) is 0 Å². The van der Waals surface area contributed by atoms with Crippen molar-refractivity contribution < 1.29 is 4.39 Å². The third-order valence-corrected chi connectivity index (χ3v) is 3.57. The third-order valence-electron chi connectivity index (χ3n) is 3.57. The zero-order valence-electron chi connectivity index (χ0n) is 10.8. The van der Waals surface area contributed by atoms with E-state index >= 15 is 0 Å². The van der Waals surface area contributed by atoms with Crippen molar-refractivity contribution in [3.8, 4) is 0 Å². The number of hydrogen-bond acceptors (Lipinski definition) is 2. The molecule has 0 bridgehead atoms. The molecule has 4 aromatic rings. The fraction of sp³-hybridized carbons (Fsp3) is 0.125. The van der Waals surface area contributed by atoms with E-state index in [9.17, 15) is 4.39 Å². The van der Waals surface area contributed by atoms with Gasteiger partial charge in [-0.1, -0.05) is 30.3 Å². The topological polar surface area (TPSA) is 30.7 Å². The minimum Gasteiger partial charge on any atom is -0.321 e. The zero-order valence-corrected chi connectivity index (χ0v) is 10.8. The van der Waals surface area contributed by atoms with Crippen LogP contribution in [0, 0.1) is 0 Å². The molecule has 0 N–H and O–H groups in total. The molecule has 2 heterocycles. The molecular weight excluding hydrogens is 253 g/mol. The summed E-state index contributed by atoms with van der Waals surface area (Å²) in [5.41, 5.74) is 4.27. The van der Waals surface area contributed by atoms with Crippen LogP contribution in [0.4, 0.5) is 4.39 Å². The number of nitrogens with zero attached hydrogens (tertiary/aromatic N) is 3. The maximum absolute atomic E-state index is 12.9. The summed E-state index contributed by atoms with van der Waals surface area (Å²) in [7, 11) is 0. The molecule has 2 aromatic carbocycles. The first kappa shape index (κ1) is 11.3. The molecule has 0 spiro atoms. The number of alkyl halides is 1. The van der Waals surface area contributed by atoms with Crippen LogP contribution in [0.2, 0.25) is 0 Å². The molecule has 2 aromatic heterocycles. The van der Waals surface area contributed by atoms with E-state index in [-0.39, 0.29) is 0 Å². The molecule has 3 nitrogen and oxygen atoms in total. The second-order valence-electron chi connectivity index (χ2n) is 4.74. The Morgan fingerprint density at radius 3 is 2.40 bits per heavy atom. The van der Waals surface area contributed by atoms with Crippen molar-refractivity contribution in [1.82, 2.24) is 14.5 Å². The largest absolute Gasteiger partial charge is 0.321 e. The first-order valence-electron chi connectivity index (χ1n) is 6.58. The number of hydrogen-bond donors (Lipinski definition) is 0. The Balaban J connectivity index is 2.22. The SMILES string of the molecule is FCCn1c2ccccc2c2nc3ccccc3nc21. The summed E-state index contributed by atoms with van der Waals surface area (Å²) in [6.07, 6.45) is 0. The molecule has 0 atom stereocenters. The van der Waals surface area contributed by atoms with Crippen LogP contribution in [0.3, 0.4) is 0 Å². The quantitative estimate of drug-likeness (QED) is 0.553. The molecule has 4 heteroatoms. The van der Waals surface area contributed by atoms with E-state index in [4.69, 9.17) is 4.98 Å². The Labute approximate surface area is 114 Å². The number of aromatic nitrogens is 3. The lowest BCUT2D eigenvalue weighted by Gasteiger charge is -2.03. The predicted octanol–water partition coefficient (Wildman–Crippen LogP) is 3.71. The Bertz CT molecular complexity index is 927. The minimum atomic E-state index is -0.414. The van der Waals surface area contributed by atoms with Crippen LogP contribution >= 0.6 is 0 Å². The van der Waals surface area contributed by atoms with Crippen molar-refractivity contribution in [3.05, 3.63) is 48.5 Å². The van der Waals surface area contributed by atoms with Gasteiger partial charge in [-0.05, 0) is 18.2 Å². The summed E-state index contributed by atoms with van der Waals surface area (Å²) < 4.78 is 14.8. The maximum atomic E-state index is 12.9. The highest BCUT2D eigenvalue weighted by Gasteiger charge is 2.13. The molecule has 98 valence electrons. The van der Waals surface area contributed by atoms with E-state index in [0.29, 0.717) is 6.54 Å². The predicted molar refractivity (Wildman–Crippen MR) is 78.5 cm³/mol. The van der Waals surface area contributed by atoms with Gasteiger partial charge >= 0.3 is 0 Å². The second-order valence-corrected chi connectivity index (χ2v) is 4.74. The molecule has 0 aliphatic rings. The van der Waals surface area contributed by atoms with Gasteiger partial charge in [-0.25, -0.2) is 14.4 Å². The van der Waals surface area contributed by atoms with E-state index in [2.05, 4.69) is 4.98 Å². The van der Waals surface area contributed by atoms with Gasteiger partial charge in [0.05, 0.1) is 23.1 Å². The summed E-state index contributed by atoms with van der Waals surface area (Å²) in [5, 5.41) is 1.02. The van der Waals surface area contributed by atoms with Crippen molar-refractivity contribution in [2.75, 3.05) is 6.67 Å². The van der Waals surface area contributed by atoms with Gasteiger partial charge in [0, 0.05) is 5.39 Å². The number of halogens is 1. The summed E-state index contributed by atoms with van der Waals surface area (Å²) in [5.74, 6) is 0. The Hall–Kier alpha value is -2.49. The highest BCUT2D eigenvalue weighted by atomic mass is 19.1. The van der Waals surface area contributed by atoms with Crippen molar-refractivity contribution >= 4 is 33.1 Å². The van der Waals surface area contributed by atoms with Crippen LogP contribution in [0.25, 0.3) is 33.1 Å². The highest BCUT2D eigenvalue weighted by Crippen LogP contribution is 2.27. The van der Waals surface area contributed by atoms with Gasteiger partial charge < -0.3 is 4.57 Å². The molecule has 0 fully saturated rings.